The lowest BCUT2D eigenvalue weighted by atomic mass is 9.94. The van der Waals surface area contributed by atoms with Gasteiger partial charge in [0.1, 0.15) is 4.90 Å². The van der Waals surface area contributed by atoms with Gasteiger partial charge in [0, 0.05) is 43.6 Å². The second-order valence-electron chi connectivity index (χ2n) is 6.20. The molecule has 1 fully saturated rings. The van der Waals surface area contributed by atoms with E-state index in [4.69, 9.17) is 0 Å². The molecule has 0 aromatic carbocycles. The van der Waals surface area contributed by atoms with Crippen molar-refractivity contribution in [3.8, 4) is 0 Å². The number of piperidine rings is 1. The molecule has 1 saturated heterocycles. The van der Waals surface area contributed by atoms with Gasteiger partial charge in [-0.1, -0.05) is 0 Å². The van der Waals surface area contributed by atoms with Crippen LogP contribution in [-0.4, -0.2) is 52.6 Å². The highest BCUT2D eigenvalue weighted by molar-refractivity contribution is 7.90. The maximum absolute atomic E-state index is 11.9. The number of sulfone groups is 1. The molecule has 0 saturated carbocycles. The fourth-order valence-electron chi connectivity index (χ4n) is 3.23. The molecule has 0 amide bonds. The van der Waals surface area contributed by atoms with Crippen molar-refractivity contribution in [3.05, 3.63) is 29.8 Å². The molecule has 8 heteroatoms. The summed E-state index contributed by atoms with van der Waals surface area (Å²) in [7, 11) is -3.24. The number of hydrogen-bond acceptors (Lipinski definition) is 5. The van der Waals surface area contributed by atoms with E-state index in [-0.39, 0.29) is 5.92 Å². The van der Waals surface area contributed by atoms with Crippen LogP contribution in [-0.2, 0) is 22.9 Å². The molecule has 1 N–H and O–H groups in total. The lowest BCUT2D eigenvalue weighted by Crippen LogP contribution is -2.34. The Kier molecular flexibility index (Phi) is 4.54. The van der Waals surface area contributed by atoms with Crippen LogP contribution < -0.4 is 0 Å². The van der Waals surface area contributed by atoms with Crippen molar-refractivity contribution in [1.29, 1.82) is 0 Å². The number of H-pyrrole nitrogens is 1. The minimum absolute atomic E-state index is 0.178. The summed E-state index contributed by atoms with van der Waals surface area (Å²) in [5.74, 6) is 0.178. The van der Waals surface area contributed by atoms with Crippen LogP contribution in [0.3, 0.4) is 0 Å². The van der Waals surface area contributed by atoms with E-state index in [1.54, 1.807) is 0 Å². The van der Waals surface area contributed by atoms with Gasteiger partial charge in [-0.25, -0.2) is 8.42 Å². The number of aromatic amines is 1. The van der Waals surface area contributed by atoms with E-state index in [1.165, 1.54) is 18.0 Å². The highest BCUT2D eigenvalue weighted by Crippen LogP contribution is 2.30. The van der Waals surface area contributed by atoms with E-state index >= 15 is 0 Å². The second kappa shape index (κ2) is 6.45. The van der Waals surface area contributed by atoms with Crippen molar-refractivity contribution < 1.29 is 8.42 Å². The van der Waals surface area contributed by atoms with Crippen LogP contribution in [0.2, 0.25) is 0 Å². The number of likely N-dealkylation sites (tertiary alicyclic amines) is 1. The molecule has 0 spiro atoms. The highest BCUT2D eigenvalue weighted by Gasteiger charge is 2.27. The highest BCUT2D eigenvalue weighted by atomic mass is 32.2. The van der Waals surface area contributed by atoms with Crippen LogP contribution in [0.25, 0.3) is 0 Å². The van der Waals surface area contributed by atoms with Gasteiger partial charge in [0.25, 0.3) is 0 Å². The number of aromatic nitrogens is 4. The molecule has 0 bridgehead atoms. The van der Waals surface area contributed by atoms with Gasteiger partial charge in [-0.2, -0.15) is 10.2 Å². The molecular weight excluding hydrogens is 314 g/mol. The Balaban J connectivity index is 1.72. The molecule has 7 nitrogen and oxygen atoms in total. The molecule has 1 atom stereocenters. The zero-order valence-electron chi connectivity index (χ0n) is 13.6. The maximum Gasteiger partial charge on any atom is 0.178 e. The zero-order valence-corrected chi connectivity index (χ0v) is 14.4. The van der Waals surface area contributed by atoms with Crippen molar-refractivity contribution in [2.45, 2.75) is 43.7 Å². The van der Waals surface area contributed by atoms with Crippen LogP contribution in [0.5, 0.6) is 0 Å². The third kappa shape index (κ3) is 3.64. The Hall–Kier alpha value is -1.67. The molecular formula is C15H23N5O2S. The lowest BCUT2D eigenvalue weighted by molar-refractivity contribution is 0.197. The molecule has 2 aromatic heterocycles. The SMILES string of the molecule is CCn1cc(CN2CCCC(c3[nH]ncc3S(C)(=O)=O)C2)cn1. The van der Waals surface area contributed by atoms with Crippen molar-refractivity contribution in [2.24, 2.45) is 0 Å². The molecule has 0 aliphatic carbocycles. The zero-order chi connectivity index (χ0) is 16.4. The fraction of sp³-hybridized carbons (Fsp3) is 0.600. The van der Waals surface area contributed by atoms with E-state index in [0.717, 1.165) is 44.7 Å². The number of nitrogens with one attached hydrogen (secondary N) is 1. The number of hydrogen-bond donors (Lipinski definition) is 1. The topological polar surface area (TPSA) is 83.9 Å². The van der Waals surface area contributed by atoms with Crippen LogP contribution in [0.4, 0.5) is 0 Å². The number of nitrogens with zero attached hydrogens (tertiary/aromatic N) is 4. The predicted octanol–water partition coefficient (Wildman–Crippen LogP) is 1.41. The van der Waals surface area contributed by atoms with Gasteiger partial charge in [0.2, 0.25) is 0 Å². The van der Waals surface area contributed by atoms with E-state index in [9.17, 15) is 8.42 Å². The third-order valence-corrected chi connectivity index (χ3v) is 5.49. The lowest BCUT2D eigenvalue weighted by Gasteiger charge is -2.32. The van der Waals surface area contributed by atoms with Gasteiger partial charge >= 0.3 is 0 Å². The Bertz CT molecular complexity index is 764. The van der Waals surface area contributed by atoms with Gasteiger partial charge in [-0.3, -0.25) is 14.7 Å². The Morgan fingerprint density at radius 1 is 1.39 bits per heavy atom. The van der Waals surface area contributed by atoms with Crippen molar-refractivity contribution >= 4 is 9.84 Å². The normalized spacial score (nSPS) is 20.0. The average Bonchev–Trinajstić information content (AvgIpc) is 3.15. The van der Waals surface area contributed by atoms with Crippen molar-refractivity contribution in [2.75, 3.05) is 19.3 Å². The van der Waals surface area contributed by atoms with Gasteiger partial charge in [-0.05, 0) is 26.3 Å². The van der Waals surface area contributed by atoms with Crippen LogP contribution >= 0.6 is 0 Å². The first-order chi connectivity index (χ1) is 11.0. The second-order valence-corrected chi connectivity index (χ2v) is 8.18. The maximum atomic E-state index is 11.9. The van der Waals surface area contributed by atoms with Crippen LogP contribution in [0, 0.1) is 0 Å². The van der Waals surface area contributed by atoms with E-state index in [2.05, 4.69) is 33.3 Å². The Morgan fingerprint density at radius 2 is 2.22 bits per heavy atom. The molecule has 126 valence electrons. The Labute approximate surface area is 136 Å². The predicted molar refractivity (Wildman–Crippen MR) is 86.9 cm³/mol. The molecule has 23 heavy (non-hydrogen) atoms. The summed E-state index contributed by atoms with van der Waals surface area (Å²) in [5.41, 5.74) is 1.95. The monoisotopic (exact) mass is 337 g/mol. The summed E-state index contributed by atoms with van der Waals surface area (Å²) < 4.78 is 25.7. The summed E-state index contributed by atoms with van der Waals surface area (Å²) >= 11 is 0. The summed E-state index contributed by atoms with van der Waals surface area (Å²) in [6.45, 7) is 5.64. The van der Waals surface area contributed by atoms with Crippen molar-refractivity contribution in [1.82, 2.24) is 24.9 Å². The Morgan fingerprint density at radius 3 is 2.91 bits per heavy atom. The van der Waals surface area contributed by atoms with E-state index in [1.807, 2.05) is 10.9 Å². The minimum Gasteiger partial charge on any atom is -0.298 e. The summed E-state index contributed by atoms with van der Waals surface area (Å²) in [6, 6.07) is 0. The summed E-state index contributed by atoms with van der Waals surface area (Å²) in [5, 5.41) is 11.2. The van der Waals surface area contributed by atoms with Crippen LogP contribution in [0.1, 0.15) is 36.9 Å². The van der Waals surface area contributed by atoms with Gasteiger partial charge < -0.3 is 0 Å². The molecule has 1 aliphatic rings. The standard InChI is InChI=1S/C15H23N5O2S/c1-3-20-10-12(7-17-20)9-19-6-4-5-13(11-19)15-14(8-16-18-15)23(2,21)22/h7-8,10,13H,3-6,9,11H2,1-2H3,(H,16,18). The quantitative estimate of drug-likeness (QED) is 0.892. The number of aryl methyl sites for hydroxylation is 1. The average molecular weight is 337 g/mol. The molecule has 2 aromatic rings. The van der Waals surface area contributed by atoms with Gasteiger partial charge in [0.05, 0.1) is 18.1 Å². The summed E-state index contributed by atoms with van der Waals surface area (Å²) in [6.07, 6.45) is 8.67. The van der Waals surface area contributed by atoms with Gasteiger partial charge in [0.15, 0.2) is 9.84 Å². The van der Waals surface area contributed by atoms with Crippen LogP contribution in [0.15, 0.2) is 23.5 Å². The summed E-state index contributed by atoms with van der Waals surface area (Å²) in [4.78, 5) is 2.70. The van der Waals surface area contributed by atoms with Gasteiger partial charge in [-0.15, -0.1) is 0 Å². The number of rotatable bonds is 5. The third-order valence-electron chi connectivity index (χ3n) is 4.36. The first-order valence-electron chi connectivity index (χ1n) is 7.94. The molecule has 1 unspecified atom stereocenters. The molecule has 0 radical (unpaired) electrons. The molecule has 1 aliphatic heterocycles. The van der Waals surface area contributed by atoms with E-state index < -0.39 is 9.84 Å². The first-order valence-corrected chi connectivity index (χ1v) is 9.83. The minimum atomic E-state index is -3.24. The first kappa shape index (κ1) is 16.2. The fourth-order valence-corrected chi connectivity index (χ4v) is 4.08. The largest absolute Gasteiger partial charge is 0.298 e. The van der Waals surface area contributed by atoms with Crippen molar-refractivity contribution in [3.63, 3.8) is 0 Å². The molecule has 3 heterocycles. The smallest absolute Gasteiger partial charge is 0.178 e. The molecule has 3 rings (SSSR count). The van der Waals surface area contributed by atoms with E-state index in [0.29, 0.717) is 4.90 Å².